The molecule has 0 fully saturated rings. The summed E-state index contributed by atoms with van der Waals surface area (Å²) in [7, 11) is 0. The predicted octanol–water partition coefficient (Wildman–Crippen LogP) is 3.07. The molecule has 2 rings (SSSR count). The molecule has 0 aliphatic heterocycles. The summed E-state index contributed by atoms with van der Waals surface area (Å²) in [6.45, 7) is 5.07. The highest BCUT2D eigenvalue weighted by molar-refractivity contribution is 5.89. The Morgan fingerprint density at radius 1 is 1.40 bits per heavy atom. The maximum atomic E-state index is 11.4. The summed E-state index contributed by atoms with van der Waals surface area (Å²) in [6.07, 6.45) is 3.34. The number of nitrogens with zero attached hydrogens (tertiary/aromatic N) is 2. The lowest BCUT2D eigenvalue weighted by molar-refractivity contribution is -0.383. The number of benzene rings is 1. The zero-order valence-electron chi connectivity index (χ0n) is 11.8. The molecule has 0 aliphatic rings. The van der Waals surface area contributed by atoms with Gasteiger partial charge in [0.2, 0.25) is 0 Å². The van der Waals surface area contributed by atoms with Crippen LogP contribution in [-0.4, -0.2) is 22.5 Å². The number of hydrogen-bond donors (Lipinski definition) is 1. The van der Waals surface area contributed by atoms with Gasteiger partial charge in [0, 0.05) is 17.8 Å². The van der Waals surface area contributed by atoms with Crippen molar-refractivity contribution in [2.24, 2.45) is 0 Å². The zero-order valence-corrected chi connectivity index (χ0v) is 11.8. The van der Waals surface area contributed by atoms with Crippen molar-refractivity contribution in [3.05, 3.63) is 46.1 Å². The van der Waals surface area contributed by atoms with Gasteiger partial charge in [-0.1, -0.05) is 6.92 Å². The van der Waals surface area contributed by atoms with Gasteiger partial charge in [-0.25, -0.2) is 0 Å². The van der Waals surface area contributed by atoms with Crippen molar-refractivity contribution in [1.29, 1.82) is 0 Å². The minimum atomic E-state index is -0.300. The van der Waals surface area contributed by atoms with Crippen LogP contribution >= 0.6 is 0 Å². The second-order valence-corrected chi connectivity index (χ2v) is 4.96. The van der Waals surface area contributed by atoms with Gasteiger partial charge in [0.15, 0.2) is 0 Å². The van der Waals surface area contributed by atoms with E-state index in [0.29, 0.717) is 17.3 Å². The quantitative estimate of drug-likeness (QED) is 0.648. The molecular weight excluding hydrogens is 254 g/mol. The molecule has 2 aromatic rings. The van der Waals surface area contributed by atoms with Gasteiger partial charge in [0.05, 0.1) is 15.8 Å². The van der Waals surface area contributed by atoms with Crippen LogP contribution in [0.2, 0.25) is 0 Å². The lowest BCUT2D eigenvalue weighted by Gasteiger charge is -2.13. The number of nitro groups is 1. The van der Waals surface area contributed by atoms with Crippen LogP contribution in [0.5, 0.6) is 0 Å². The van der Waals surface area contributed by atoms with Gasteiger partial charge < -0.3 is 5.32 Å². The topological polar surface area (TPSA) is 68.1 Å². The Labute approximate surface area is 118 Å². The summed E-state index contributed by atoms with van der Waals surface area (Å²) in [5, 5.41) is 15.4. The summed E-state index contributed by atoms with van der Waals surface area (Å²) in [5.41, 5.74) is 1.60. The van der Waals surface area contributed by atoms with Crippen molar-refractivity contribution >= 4 is 16.6 Å². The van der Waals surface area contributed by atoms with E-state index < -0.39 is 0 Å². The molecule has 0 aliphatic carbocycles. The van der Waals surface area contributed by atoms with Crippen LogP contribution in [0.25, 0.3) is 10.9 Å². The number of pyridine rings is 1. The monoisotopic (exact) mass is 273 g/mol. The fraction of sp³-hybridized carbons (Fsp3) is 0.400. The number of aromatic nitrogens is 1. The Bertz CT molecular complexity index is 613. The highest BCUT2D eigenvalue weighted by atomic mass is 16.6. The number of rotatable bonds is 6. The first-order chi connectivity index (χ1) is 9.63. The first-order valence-electron chi connectivity index (χ1n) is 6.88. The highest BCUT2D eigenvalue weighted by Crippen LogP contribution is 2.29. The molecule has 0 amide bonds. The van der Waals surface area contributed by atoms with Crippen LogP contribution in [0.15, 0.2) is 30.5 Å². The third-order valence-electron chi connectivity index (χ3n) is 3.29. The second kappa shape index (κ2) is 6.43. The van der Waals surface area contributed by atoms with E-state index in [-0.39, 0.29) is 16.7 Å². The van der Waals surface area contributed by atoms with Crippen LogP contribution in [0.3, 0.4) is 0 Å². The second-order valence-electron chi connectivity index (χ2n) is 4.96. The molecule has 0 radical (unpaired) electrons. The number of hydrogen-bond acceptors (Lipinski definition) is 4. The van der Waals surface area contributed by atoms with E-state index in [1.807, 2.05) is 19.1 Å². The molecule has 1 aromatic carbocycles. The molecule has 1 N–H and O–H groups in total. The molecule has 5 heteroatoms. The van der Waals surface area contributed by atoms with Crippen molar-refractivity contribution in [3.63, 3.8) is 0 Å². The SMILES string of the molecule is CCCNC(C)Cc1ccc2ncccc2c1[N+](=O)[O-]. The smallest absolute Gasteiger partial charge is 0.281 e. The fourth-order valence-corrected chi connectivity index (χ4v) is 2.36. The third-order valence-corrected chi connectivity index (χ3v) is 3.29. The summed E-state index contributed by atoms with van der Waals surface area (Å²) < 4.78 is 0. The normalized spacial score (nSPS) is 12.5. The number of fused-ring (bicyclic) bond motifs is 1. The molecular formula is C15H19N3O2. The van der Waals surface area contributed by atoms with E-state index in [2.05, 4.69) is 17.2 Å². The molecule has 0 spiro atoms. The van der Waals surface area contributed by atoms with Crippen LogP contribution < -0.4 is 5.32 Å². The van der Waals surface area contributed by atoms with E-state index in [4.69, 9.17) is 0 Å². The molecule has 1 heterocycles. The van der Waals surface area contributed by atoms with Crippen LogP contribution in [0, 0.1) is 10.1 Å². The first-order valence-corrected chi connectivity index (χ1v) is 6.88. The van der Waals surface area contributed by atoms with Gasteiger partial charge in [0.1, 0.15) is 0 Å². The van der Waals surface area contributed by atoms with Gasteiger partial charge in [-0.2, -0.15) is 0 Å². The van der Waals surface area contributed by atoms with Crippen molar-refractivity contribution in [3.8, 4) is 0 Å². The minimum absolute atomic E-state index is 0.181. The molecule has 5 nitrogen and oxygen atoms in total. The molecule has 106 valence electrons. The standard InChI is InChI=1S/C15H19N3O2/c1-3-8-16-11(2)10-12-6-7-14-13(5-4-9-17-14)15(12)18(19)20/h4-7,9,11,16H,3,8,10H2,1-2H3. The molecule has 20 heavy (non-hydrogen) atoms. The molecule has 0 bridgehead atoms. The van der Waals surface area contributed by atoms with E-state index in [1.54, 1.807) is 18.3 Å². The minimum Gasteiger partial charge on any atom is -0.314 e. The molecule has 1 unspecified atom stereocenters. The average Bonchev–Trinajstić information content (AvgIpc) is 2.44. The molecule has 0 saturated heterocycles. The Kier molecular flexibility index (Phi) is 4.63. The third kappa shape index (κ3) is 3.11. The van der Waals surface area contributed by atoms with Gasteiger partial charge in [0.25, 0.3) is 5.69 Å². The zero-order chi connectivity index (χ0) is 14.5. The van der Waals surface area contributed by atoms with Gasteiger partial charge in [-0.15, -0.1) is 0 Å². The Morgan fingerprint density at radius 2 is 2.20 bits per heavy atom. The lowest BCUT2D eigenvalue weighted by Crippen LogP contribution is -2.28. The van der Waals surface area contributed by atoms with E-state index >= 15 is 0 Å². The molecule has 1 aromatic heterocycles. The van der Waals surface area contributed by atoms with Crippen molar-refractivity contribution in [2.75, 3.05) is 6.54 Å². The molecule has 0 saturated carbocycles. The average molecular weight is 273 g/mol. The van der Waals surface area contributed by atoms with E-state index in [9.17, 15) is 10.1 Å². The van der Waals surface area contributed by atoms with Crippen molar-refractivity contribution < 1.29 is 4.92 Å². The Hall–Kier alpha value is -2.01. The van der Waals surface area contributed by atoms with Crippen LogP contribution in [-0.2, 0) is 6.42 Å². The summed E-state index contributed by atoms with van der Waals surface area (Å²) in [4.78, 5) is 15.3. The van der Waals surface area contributed by atoms with Crippen molar-refractivity contribution in [2.45, 2.75) is 32.7 Å². The Balaban J connectivity index is 2.37. The first kappa shape index (κ1) is 14.4. The van der Waals surface area contributed by atoms with Crippen molar-refractivity contribution in [1.82, 2.24) is 10.3 Å². The lowest BCUT2D eigenvalue weighted by atomic mass is 10.0. The fourth-order valence-electron chi connectivity index (χ4n) is 2.36. The highest BCUT2D eigenvalue weighted by Gasteiger charge is 2.19. The number of nitro benzene ring substituents is 1. The van der Waals surface area contributed by atoms with E-state index in [0.717, 1.165) is 18.5 Å². The van der Waals surface area contributed by atoms with Gasteiger partial charge in [-0.05, 0) is 50.6 Å². The summed E-state index contributed by atoms with van der Waals surface area (Å²) in [5.74, 6) is 0. The summed E-state index contributed by atoms with van der Waals surface area (Å²) in [6, 6.07) is 7.37. The Morgan fingerprint density at radius 3 is 2.90 bits per heavy atom. The van der Waals surface area contributed by atoms with Crippen LogP contribution in [0.4, 0.5) is 5.69 Å². The maximum absolute atomic E-state index is 11.4. The van der Waals surface area contributed by atoms with E-state index in [1.165, 1.54) is 0 Å². The van der Waals surface area contributed by atoms with Crippen LogP contribution in [0.1, 0.15) is 25.8 Å². The largest absolute Gasteiger partial charge is 0.314 e. The predicted molar refractivity (Wildman–Crippen MR) is 79.9 cm³/mol. The summed E-state index contributed by atoms with van der Waals surface area (Å²) >= 11 is 0. The molecule has 1 atom stereocenters. The maximum Gasteiger partial charge on any atom is 0.281 e. The van der Waals surface area contributed by atoms with Gasteiger partial charge in [-0.3, -0.25) is 15.1 Å². The number of nitrogens with one attached hydrogen (secondary N) is 1. The van der Waals surface area contributed by atoms with Gasteiger partial charge >= 0.3 is 0 Å².